The van der Waals surface area contributed by atoms with Crippen molar-refractivity contribution in [3.8, 4) is 5.69 Å². The molecule has 0 unspecified atom stereocenters. The monoisotopic (exact) mass is 2090 g/mol. The van der Waals surface area contributed by atoms with Crippen LogP contribution in [0.5, 0.6) is 0 Å². The quantitative estimate of drug-likeness (QED) is 0.142. The van der Waals surface area contributed by atoms with Crippen molar-refractivity contribution < 1.29 is 13.3 Å². The van der Waals surface area contributed by atoms with Gasteiger partial charge in [0.2, 0.25) is 0 Å². The number of aromatic nitrogens is 1. The van der Waals surface area contributed by atoms with Gasteiger partial charge in [-0.3, -0.25) is 0 Å². The van der Waals surface area contributed by atoms with E-state index in [9.17, 15) is 0 Å². The first-order valence-electron chi connectivity index (χ1n) is 54.9. The summed E-state index contributed by atoms with van der Waals surface area (Å²) in [5.74, 6) is 5.20. The Hall–Kier alpha value is -9.53. The van der Waals surface area contributed by atoms with E-state index in [0.717, 1.165) is 33.5 Å². The predicted molar refractivity (Wildman–Crippen MR) is 666 cm³/mol. The standard InChI is InChI=1S/C46H63NSi.C32H42OSi.C24H26OSi.C19H24OSi.C17H28Ge/c1-42(2,3)30-24-31(43(4,5)6)27-34(26-30)47-38-21-19-18-20-36(38)37-22-23-39(40(41(37)47)46(13,14)15)48(16,17)35-28-32(44(7,8)9)25-33(29-35)45(10,11)12;1-30(2,3)21-18-22(31(4,5)6)20-23(19-21)34(10,11)27-17-16-26-28(29(27)32(7,8)9)24-14-12-13-15-25(24)33-26;1-24(2,3)23-21(26(4,5)17-11-7-6-8-12-17)16-15-20-22(23)18-13-9-10-14-19(18)25-20;1-19(2,3)18-16(21(4,5)6)12-11-15-17(18)13-9-7-8-10-14(13)20-15;1-16(2,3)13-9-8-10-14-15(13)18(6,7)12-11-17(14,4)5/h18-29H,1-17H3;12-20H,1-11H3;6-16H,1-5H3;7-12H,1-6H3;8-10H,11-12H2,1-7H3. The topological polar surface area (TPSA) is 44.4 Å². The van der Waals surface area contributed by atoms with Crippen molar-refractivity contribution in [2.24, 2.45) is 0 Å². The Morgan fingerprint density at radius 2 is 0.571 bits per heavy atom. The van der Waals surface area contributed by atoms with Gasteiger partial charge in [-0.1, -0.05) is 474 Å². The van der Waals surface area contributed by atoms with Gasteiger partial charge < -0.3 is 17.8 Å². The van der Waals surface area contributed by atoms with Gasteiger partial charge in [0, 0.05) is 48.8 Å². The summed E-state index contributed by atoms with van der Waals surface area (Å²) >= 11 is -1.80. The minimum atomic E-state index is -2.22. The third kappa shape index (κ3) is 23.0. The van der Waals surface area contributed by atoms with Crippen LogP contribution in [0.15, 0.2) is 262 Å². The van der Waals surface area contributed by atoms with Crippen LogP contribution in [0.3, 0.4) is 0 Å². The molecule has 0 aliphatic carbocycles. The second-order valence-corrected chi connectivity index (χ2v) is 86.9. The van der Waals surface area contributed by atoms with Gasteiger partial charge in [0.15, 0.2) is 0 Å². The molecule has 9 heteroatoms. The molecule has 18 rings (SSSR count). The van der Waals surface area contributed by atoms with Crippen molar-refractivity contribution in [1.82, 2.24) is 4.57 Å². The predicted octanol–water partition coefficient (Wildman–Crippen LogP) is 36.1. The zero-order valence-electron chi connectivity index (χ0n) is 99.8. The number of hydrogen-bond acceptors (Lipinski definition) is 3. The summed E-state index contributed by atoms with van der Waals surface area (Å²) in [4.78, 5) is 0. The van der Waals surface area contributed by atoms with Crippen molar-refractivity contribution in [2.75, 3.05) is 0 Å². The molecule has 4 nitrogen and oxygen atoms in total. The summed E-state index contributed by atoms with van der Waals surface area (Å²) < 4.78 is 23.0. The fourth-order valence-corrected chi connectivity index (χ4v) is 41.8. The first-order valence-corrected chi connectivity index (χ1v) is 74.1. The summed E-state index contributed by atoms with van der Waals surface area (Å²) in [5.41, 5.74) is 28.7. The van der Waals surface area contributed by atoms with E-state index in [0.29, 0.717) is 5.41 Å². The number of para-hydroxylation sites is 4. The molecule has 0 fully saturated rings. The molecule has 778 valence electrons. The van der Waals surface area contributed by atoms with Crippen LogP contribution in [-0.2, 0) is 65.0 Å². The van der Waals surface area contributed by atoms with Crippen molar-refractivity contribution in [3.63, 3.8) is 0 Å². The Bertz CT molecular complexity index is 7660. The van der Waals surface area contributed by atoms with Gasteiger partial charge in [0.1, 0.15) is 57.7 Å². The molecule has 0 radical (unpaired) electrons. The van der Waals surface area contributed by atoms with Crippen LogP contribution in [0.4, 0.5) is 0 Å². The molecule has 1 aliphatic rings. The van der Waals surface area contributed by atoms with Crippen LogP contribution in [0.1, 0.15) is 316 Å². The van der Waals surface area contributed by atoms with Gasteiger partial charge in [0.05, 0.1) is 19.1 Å². The van der Waals surface area contributed by atoms with E-state index in [1.165, 1.54) is 153 Å². The SMILES string of the molecule is CC(C)(C)c1c([Si](C)(C)C)ccc2oc3ccccc3c12.CC(C)(C)c1c([Si](C)(C)c2ccccc2)ccc2oc3ccccc3c12.CC(C)(C)c1cc(-n2c3ccccc3c3ccc([Si](C)(C)c4cc(C(C)(C)C)cc(C(C)(C)C)c4)c(C(C)(C)C)c32)cc(C(C)(C)C)c1.CC(C)(C)c1cc(C(C)(C)C)cc([Si](C)(C)c2ccc3oc4ccccc4c3c2C(C)(C)C)c1.CC(C)(C)c1cccc2[c]1[Ge]([CH3])([CH3])[CH2]CC2(C)C. The van der Waals surface area contributed by atoms with Crippen LogP contribution >= 0.6 is 0 Å². The number of furan rings is 3. The molecule has 0 N–H and O–H groups in total. The van der Waals surface area contributed by atoms with E-state index in [4.69, 9.17) is 13.3 Å². The Morgan fingerprint density at radius 1 is 0.265 bits per heavy atom. The normalized spacial score (nSPS) is 14.5. The first kappa shape index (κ1) is 113. The van der Waals surface area contributed by atoms with Gasteiger partial charge in [0.25, 0.3) is 0 Å². The summed E-state index contributed by atoms with van der Waals surface area (Å²) in [7, 11) is -7.50. The Kier molecular flexibility index (Phi) is 30.2. The van der Waals surface area contributed by atoms with Crippen LogP contribution in [0, 0.1) is 0 Å². The molecule has 0 saturated heterocycles. The molecular weight excluding hydrogens is 1900 g/mol. The fraction of sp³-hybridized carbons (Fsp3) is 0.435. The second kappa shape index (κ2) is 39.3. The number of benzene rings is 13. The molecule has 13 aromatic carbocycles. The molecule has 0 bridgehead atoms. The number of fused-ring (bicyclic) bond motifs is 13. The molecule has 0 atom stereocenters. The zero-order valence-corrected chi connectivity index (χ0v) is 106. The van der Waals surface area contributed by atoms with E-state index < -0.39 is 45.6 Å². The third-order valence-electron chi connectivity index (χ3n) is 32.1. The number of hydrogen-bond donors (Lipinski definition) is 0. The fourth-order valence-electron chi connectivity index (χ4n) is 23.1. The van der Waals surface area contributed by atoms with Crippen LogP contribution in [0.25, 0.3) is 93.3 Å². The number of nitrogens with zero attached hydrogens (tertiary/aromatic N) is 1. The molecule has 0 saturated carbocycles. The molecule has 5 heterocycles. The van der Waals surface area contributed by atoms with Crippen LogP contribution < -0.4 is 40.7 Å². The Morgan fingerprint density at radius 3 is 0.918 bits per heavy atom. The molecule has 0 spiro atoms. The summed E-state index contributed by atoms with van der Waals surface area (Å²) in [6.07, 6.45) is 1.38. The molecule has 147 heavy (non-hydrogen) atoms. The maximum atomic E-state index is 6.30. The summed E-state index contributed by atoms with van der Waals surface area (Å²) in [6.45, 7) is 105. The number of rotatable bonds is 8. The molecule has 0 amide bonds. The van der Waals surface area contributed by atoms with Crippen LogP contribution in [0.2, 0.25) is 75.7 Å². The van der Waals surface area contributed by atoms with Crippen molar-refractivity contribution in [3.05, 3.63) is 315 Å². The van der Waals surface area contributed by atoms with Gasteiger partial charge in [-0.2, -0.15) is 0 Å². The van der Waals surface area contributed by atoms with E-state index in [1.807, 2.05) is 12.1 Å². The van der Waals surface area contributed by atoms with Crippen LogP contribution in [-0.4, -0.2) is 50.1 Å². The van der Waals surface area contributed by atoms with E-state index in [-0.39, 0.29) is 59.6 Å². The molecule has 4 aromatic heterocycles. The van der Waals surface area contributed by atoms with Gasteiger partial charge in [-0.15, -0.1) is 0 Å². The molecule has 17 aromatic rings. The van der Waals surface area contributed by atoms with Gasteiger partial charge >= 0.3 is 116 Å². The average Bonchev–Trinajstić information content (AvgIpc) is 1.38. The van der Waals surface area contributed by atoms with Crippen molar-refractivity contribution in [2.45, 2.75) is 389 Å². The maximum absolute atomic E-state index is 6.30. The van der Waals surface area contributed by atoms with Gasteiger partial charge in [-0.25, -0.2) is 0 Å². The average molecular weight is 2090 g/mol. The van der Waals surface area contributed by atoms with E-state index in [2.05, 4.69) is 554 Å². The third-order valence-corrected chi connectivity index (χ3v) is 51.8. The first-order chi connectivity index (χ1) is 67.3. The molecular formula is C138H183GeNO3Si4. The molecule has 1 aliphatic heterocycles. The Balaban J connectivity index is 0.000000152. The Labute approximate surface area is 895 Å². The van der Waals surface area contributed by atoms with Crippen molar-refractivity contribution >= 4 is 174 Å². The summed E-state index contributed by atoms with van der Waals surface area (Å²) in [5, 5.41) is 22.4. The second-order valence-electron chi connectivity index (χ2n) is 58.7. The van der Waals surface area contributed by atoms with E-state index in [1.54, 1.807) is 25.9 Å². The summed E-state index contributed by atoms with van der Waals surface area (Å²) in [6, 6.07) is 93.3. The van der Waals surface area contributed by atoms with E-state index >= 15 is 0 Å². The van der Waals surface area contributed by atoms with Crippen molar-refractivity contribution in [1.29, 1.82) is 0 Å². The zero-order chi connectivity index (χ0) is 109. The van der Waals surface area contributed by atoms with Gasteiger partial charge in [-0.05, 0) is 170 Å². The minimum absolute atomic E-state index is 0.000251.